The van der Waals surface area contributed by atoms with Gasteiger partial charge < -0.3 is 4.79 Å². The zero-order chi connectivity index (χ0) is 12.2. The highest BCUT2D eigenvalue weighted by molar-refractivity contribution is 5.91. The van der Waals surface area contributed by atoms with Gasteiger partial charge in [-0.05, 0) is 11.6 Å². The van der Waals surface area contributed by atoms with Gasteiger partial charge in [-0.25, -0.2) is 0 Å². The van der Waals surface area contributed by atoms with Crippen LogP contribution < -0.4 is 0 Å². The van der Waals surface area contributed by atoms with Crippen LogP contribution in [-0.2, 0) is 22.2 Å². The molecule has 0 amide bonds. The van der Waals surface area contributed by atoms with E-state index in [-0.39, 0.29) is 18.4 Å². The summed E-state index contributed by atoms with van der Waals surface area (Å²) in [6, 6.07) is 4.53. The first-order valence-corrected chi connectivity index (χ1v) is 4.55. The molecule has 0 aliphatic heterocycles. The van der Waals surface area contributed by atoms with Crippen molar-refractivity contribution in [3.05, 3.63) is 35.4 Å². The highest BCUT2D eigenvalue weighted by Gasteiger charge is 2.30. The number of rotatable bonds is 4. The standard InChI is InChI=1S/C11H9F3O2/c12-11(13,14)9-3-1-2-8(6-9)7-10(16)4-5-15/h1-3,5-6H,4,7H2. The molecule has 0 heterocycles. The molecule has 0 saturated heterocycles. The van der Waals surface area contributed by atoms with Crippen LogP contribution in [0.1, 0.15) is 17.5 Å². The predicted octanol–water partition coefficient (Wildman–Crippen LogP) is 2.41. The Bertz CT molecular complexity index is 396. The Morgan fingerprint density at radius 1 is 1.31 bits per heavy atom. The van der Waals surface area contributed by atoms with Crippen molar-refractivity contribution in [2.45, 2.75) is 19.0 Å². The number of benzene rings is 1. The summed E-state index contributed by atoms with van der Waals surface area (Å²) in [5.74, 6) is -0.394. The third-order valence-corrected chi connectivity index (χ3v) is 1.97. The molecule has 0 aliphatic rings. The van der Waals surface area contributed by atoms with E-state index < -0.39 is 17.5 Å². The summed E-state index contributed by atoms with van der Waals surface area (Å²) < 4.78 is 36.9. The SMILES string of the molecule is O=CCC(=O)Cc1cccc(C(F)(F)F)c1. The topological polar surface area (TPSA) is 34.1 Å². The number of ketones is 1. The van der Waals surface area contributed by atoms with Gasteiger partial charge in [-0.2, -0.15) is 13.2 Å². The second kappa shape index (κ2) is 4.92. The zero-order valence-corrected chi connectivity index (χ0v) is 8.25. The van der Waals surface area contributed by atoms with Crippen LogP contribution in [0.3, 0.4) is 0 Å². The van der Waals surface area contributed by atoms with Crippen LogP contribution in [0.2, 0.25) is 0 Å². The molecule has 1 aromatic rings. The molecule has 0 bridgehead atoms. The normalized spacial score (nSPS) is 11.2. The third-order valence-electron chi connectivity index (χ3n) is 1.97. The van der Waals surface area contributed by atoms with E-state index in [0.29, 0.717) is 6.29 Å². The number of hydrogen-bond donors (Lipinski definition) is 0. The number of Topliss-reactive ketones (excluding diaryl/α,β-unsaturated/α-hetero) is 1. The summed E-state index contributed by atoms with van der Waals surface area (Å²) in [6.07, 6.45) is -4.39. The molecule has 0 spiro atoms. The van der Waals surface area contributed by atoms with Crippen molar-refractivity contribution >= 4 is 12.1 Å². The van der Waals surface area contributed by atoms with Crippen molar-refractivity contribution < 1.29 is 22.8 Å². The Labute approximate surface area is 90.1 Å². The summed E-state index contributed by atoms with van der Waals surface area (Å²) in [4.78, 5) is 21.1. The van der Waals surface area contributed by atoms with Gasteiger partial charge in [0.2, 0.25) is 0 Å². The molecule has 2 nitrogen and oxygen atoms in total. The molecule has 1 aromatic carbocycles. The van der Waals surface area contributed by atoms with E-state index in [1.165, 1.54) is 12.1 Å². The highest BCUT2D eigenvalue weighted by Crippen LogP contribution is 2.29. The van der Waals surface area contributed by atoms with E-state index >= 15 is 0 Å². The van der Waals surface area contributed by atoms with Gasteiger partial charge in [-0.15, -0.1) is 0 Å². The second-order valence-electron chi connectivity index (χ2n) is 3.28. The molecular weight excluding hydrogens is 221 g/mol. The summed E-state index contributed by atoms with van der Waals surface area (Å²) in [5.41, 5.74) is -0.523. The minimum absolute atomic E-state index is 0.150. The van der Waals surface area contributed by atoms with E-state index in [1.54, 1.807) is 0 Å². The first kappa shape index (κ1) is 12.4. The lowest BCUT2D eigenvalue weighted by Crippen LogP contribution is -2.07. The van der Waals surface area contributed by atoms with Crippen molar-refractivity contribution in [1.82, 2.24) is 0 Å². The molecule has 1 rings (SSSR count). The summed E-state index contributed by atoms with van der Waals surface area (Å²) in [7, 11) is 0. The van der Waals surface area contributed by atoms with Gasteiger partial charge in [0.1, 0.15) is 12.1 Å². The van der Waals surface area contributed by atoms with Crippen molar-refractivity contribution in [2.24, 2.45) is 0 Å². The fraction of sp³-hybridized carbons (Fsp3) is 0.273. The Morgan fingerprint density at radius 2 is 2.00 bits per heavy atom. The van der Waals surface area contributed by atoms with Crippen LogP contribution in [-0.4, -0.2) is 12.1 Å². The summed E-state index contributed by atoms with van der Waals surface area (Å²) in [5, 5.41) is 0. The summed E-state index contributed by atoms with van der Waals surface area (Å²) >= 11 is 0. The van der Waals surface area contributed by atoms with Crippen molar-refractivity contribution in [1.29, 1.82) is 0 Å². The number of alkyl halides is 3. The van der Waals surface area contributed by atoms with Crippen molar-refractivity contribution in [3.8, 4) is 0 Å². The largest absolute Gasteiger partial charge is 0.416 e. The van der Waals surface area contributed by atoms with E-state index in [4.69, 9.17) is 0 Å². The Morgan fingerprint density at radius 3 is 2.56 bits per heavy atom. The molecule has 86 valence electrons. The fourth-order valence-corrected chi connectivity index (χ4v) is 1.25. The summed E-state index contributed by atoms with van der Waals surface area (Å²) in [6.45, 7) is 0. The van der Waals surface area contributed by atoms with Gasteiger partial charge in [0, 0.05) is 6.42 Å². The van der Waals surface area contributed by atoms with E-state index in [0.717, 1.165) is 12.1 Å². The predicted molar refractivity (Wildman–Crippen MR) is 50.8 cm³/mol. The number of aldehydes is 1. The molecule has 0 radical (unpaired) electrons. The minimum Gasteiger partial charge on any atom is -0.303 e. The van der Waals surface area contributed by atoms with E-state index in [2.05, 4.69) is 0 Å². The number of hydrogen-bond acceptors (Lipinski definition) is 2. The molecule has 0 fully saturated rings. The maximum atomic E-state index is 12.3. The molecule has 0 aromatic heterocycles. The van der Waals surface area contributed by atoms with Gasteiger partial charge in [0.05, 0.1) is 12.0 Å². The first-order chi connectivity index (χ1) is 7.43. The lowest BCUT2D eigenvalue weighted by molar-refractivity contribution is -0.137. The van der Waals surface area contributed by atoms with Crippen molar-refractivity contribution in [2.75, 3.05) is 0 Å². The molecule has 16 heavy (non-hydrogen) atoms. The molecule has 5 heteroatoms. The molecule has 0 unspecified atom stereocenters. The fourth-order valence-electron chi connectivity index (χ4n) is 1.25. The van der Waals surface area contributed by atoms with Gasteiger partial charge in [0.15, 0.2) is 0 Å². The number of carbonyl (C=O) groups excluding carboxylic acids is 2. The monoisotopic (exact) mass is 230 g/mol. The van der Waals surface area contributed by atoms with Gasteiger partial charge in [0.25, 0.3) is 0 Å². The quantitative estimate of drug-likeness (QED) is 0.588. The molecule has 0 saturated carbocycles. The zero-order valence-electron chi connectivity index (χ0n) is 8.25. The highest BCUT2D eigenvalue weighted by atomic mass is 19.4. The lowest BCUT2D eigenvalue weighted by Gasteiger charge is -2.07. The van der Waals surface area contributed by atoms with Crippen LogP contribution in [0.15, 0.2) is 24.3 Å². The van der Waals surface area contributed by atoms with Crippen LogP contribution in [0.4, 0.5) is 13.2 Å². The molecule has 0 N–H and O–H groups in total. The molecule has 0 atom stereocenters. The van der Waals surface area contributed by atoms with Crippen LogP contribution in [0.25, 0.3) is 0 Å². The van der Waals surface area contributed by atoms with Gasteiger partial charge >= 0.3 is 6.18 Å². The second-order valence-corrected chi connectivity index (χ2v) is 3.28. The Hall–Kier alpha value is -1.65. The maximum absolute atomic E-state index is 12.3. The third kappa shape index (κ3) is 3.49. The Balaban J connectivity index is 2.83. The van der Waals surface area contributed by atoms with Gasteiger partial charge in [-0.1, -0.05) is 18.2 Å². The van der Waals surface area contributed by atoms with E-state index in [1.807, 2.05) is 0 Å². The number of halogens is 3. The van der Waals surface area contributed by atoms with Crippen LogP contribution >= 0.6 is 0 Å². The van der Waals surface area contributed by atoms with Gasteiger partial charge in [-0.3, -0.25) is 4.79 Å². The van der Waals surface area contributed by atoms with Crippen LogP contribution in [0, 0.1) is 0 Å². The average molecular weight is 230 g/mol. The smallest absolute Gasteiger partial charge is 0.303 e. The molecule has 0 aliphatic carbocycles. The first-order valence-electron chi connectivity index (χ1n) is 4.55. The minimum atomic E-state index is -4.41. The van der Waals surface area contributed by atoms with Crippen LogP contribution in [0.5, 0.6) is 0 Å². The average Bonchev–Trinajstić information content (AvgIpc) is 2.17. The lowest BCUT2D eigenvalue weighted by atomic mass is 10.0. The Kier molecular flexibility index (Phi) is 3.82. The molecular formula is C11H9F3O2. The van der Waals surface area contributed by atoms with Crippen molar-refractivity contribution in [3.63, 3.8) is 0 Å². The number of carbonyl (C=O) groups is 2. The van der Waals surface area contributed by atoms with E-state index in [9.17, 15) is 22.8 Å². The maximum Gasteiger partial charge on any atom is 0.416 e.